The van der Waals surface area contributed by atoms with Crippen molar-refractivity contribution in [2.24, 2.45) is 5.92 Å². The second-order valence-electron chi connectivity index (χ2n) is 4.49. The fraction of sp³-hybridized carbons (Fsp3) is 0.308. The maximum atomic E-state index is 13.0. The van der Waals surface area contributed by atoms with Crippen molar-refractivity contribution in [3.05, 3.63) is 29.6 Å². The molecule has 1 aromatic rings. The number of urea groups is 1. The molecule has 1 aliphatic heterocycles. The SMILES string of the molecule is N#Cc1cc(F)ccc1NC(=O)NC1COCC1C(=O)O. The number of hydrogen-bond acceptors (Lipinski definition) is 4. The minimum absolute atomic E-state index is 0.0254. The topological polar surface area (TPSA) is 111 Å². The van der Waals surface area contributed by atoms with Crippen LogP contribution >= 0.6 is 0 Å². The number of carbonyl (C=O) groups is 2. The van der Waals surface area contributed by atoms with Gasteiger partial charge in [0.15, 0.2) is 0 Å². The van der Waals surface area contributed by atoms with Crippen LogP contribution in [-0.2, 0) is 9.53 Å². The third-order valence-corrected chi connectivity index (χ3v) is 3.06. The van der Waals surface area contributed by atoms with E-state index in [9.17, 15) is 14.0 Å². The Hall–Kier alpha value is -2.66. The van der Waals surface area contributed by atoms with E-state index in [1.807, 2.05) is 0 Å². The average Bonchev–Trinajstić information content (AvgIpc) is 2.89. The van der Waals surface area contributed by atoms with Gasteiger partial charge in [0.25, 0.3) is 0 Å². The monoisotopic (exact) mass is 293 g/mol. The molecule has 1 aliphatic rings. The van der Waals surface area contributed by atoms with Gasteiger partial charge >= 0.3 is 12.0 Å². The predicted octanol–water partition coefficient (Wildman–Crippen LogP) is 0.918. The predicted molar refractivity (Wildman–Crippen MR) is 69.0 cm³/mol. The normalized spacial score (nSPS) is 20.6. The number of amides is 2. The Morgan fingerprint density at radius 2 is 2.19 bits per heavy atom. The van der Waals surface area contributed by atoms with E-state index in [0.29, 0.717) is 0 Å². The van der Waals surface area contributed by atoms with E-state index in [-0.39, 0.29) is 24.5 Å². The summed E-state index contributed by atoms with van der Waals surface area (Å²) >= 11 is 0. The van der Waals surface area contributed by atoms with Crippen LogP contribution < -0.4 is 10.6 Å². The highest BCUT2D eigenvalue weighted by atomic mass is 19.1. The first-order chi connectivity index (χ1) is 10.0. The van der Waals surface area contributed by atoms with Crippen LogP contribution in [0.25, 0.3) is 0 Å². The van der Waals surface area contributed by atoms with Gasteiger partial charge in [-0.25, -0.2) is 9.18 Å². The highest BCUT2D eigenvalue weighted by molar-refractivity contribution is 5.91. The number of rotatable bonds is 3. The highest BCUT2D eigenvalue weighted by Gasteiger charge is 2.35. The maximum absolute atomic E-state index is 13.0. The van der Waals surface area contributed by atoms with Gasteiger partial charge in [-0.3, -0.25) is 4.79 Å². The van der Waals surface area contributed by atoms with Gasteiger partial charge in [-0.1, -0.05) is 0 Å². The molecule has 0 aromatic heterocycles. The Labute approximate surface area is 119 Å². The van der Waals surface area contributed by atoms with Crippen LogP contribution in [0.1, 0.15) is 5.56 Å². The van der Waals surface area contributed by atoms with E-state index in [1.54, 1.807) is 6.07 Å². The molecule has 1 heterocycles. The first kappa shape index (κ1) is 14.7. The Balaban J connectivity index is 2.02. The van der Waals surface area contributed by atoms with Crippen LogP contribution in [0.15, 0.2) is 18.2 Å². The zero-order valence-corrected chi connectivity index (χ0v) is 10.8. The summed E-state index contributed by atoms with van der Waals surface area (Å²) in [5, 5.41) is 22.7. The highest BCUT2D eigenvalue weighted by Crippen LogP contribution is 2.17. The van der Waals surface area contributed by atoms with Gasteiger partial charge in [0.05, 0.1) is 30.5 Å². The van der Waals surface area contributed by atoms with Crippen LogP contribution in [-0.4, -0.2) is 36.4 Å². The lowest BCUT2D eigenvalue weighted by Gasteiger charge is -2.16. The Kier molecular flexibility index (Phi) is 4.35. The van der Waals surface area contributed by atoms with E-state index < -0.39 is 29.8 Å². The number of nitrogens with zero attached hydrogens (tertiary/aromatic N) is 1. The molecule has 2 amide bonds. The number of benzene rings is 1. The molecule has 0 spiro atoms. The zero-order valence-electron chi connectivity index (χ0n) is 10.8. The summed E-state index contributed by atoms with van der Waals surface area (Å²) in [6.07, 6.45) is 0. The maximum Gasteiger partial charge on any atom is 0.319 e. The first-order valence-electron chi connectivity index (χ1n) is 6.09. The van der Waals surface area contributed by atoms with Crippen LogP contribution in [0.2, 0.25) is 0 Å². The summed E-state index contributed by atoms with van der Waals surface area (Å²) in [7, 11) is 0. The van der Waals surface area contributed by atoms with Crippen molar-refractivity contribution in [3.63, 3.8) is 0 Å². The van der Waals surface area contributed by atoms with E-state index in [4.69, 9.17) is 15.1 Å². The minimum atomic E-state index is -1.06. The molecule has 2 unspecified atom stereocenters. The fourth-order valence-corrected chi connectivity index (χ4v) is 1.98. The molecule has 7 nitrogen and oxygen atoms in total. The van der Waals surface area contributed by atoms with E-state index in [2.05, 4.69) is 10.6 Å². The summed E-state index contributed by atoms with van der Waals surface area (Å²) in [6.45, 7) is 0.124. The summed E-state index contributed by atoms with van der Waals surface area (Å²) in [5.74, 6) is -2.47. The van der Waals surface area contributed by atoms with Crippen LogP contribution in [0.4, 0.5) is 14.9 Å². The van der Waals surface area contributed by atoms with Gasteiger partial charge in [0, 0.05) is 0 Å². The number of carboxylic acids is 1. The molecule has 0 radical (unpaired) electrons. The molecular formula is C13H12FN3O4. The lowest BCUT2D eigenvalue weighted by molar-refractivity contribution is -0.142. The largest absolute Gasteiger partial charge is 0.481 e. The van der Waals surface area contributed by atoms with Crippen molar-refractivity contribution in [3.8, 4) is 6.07 Å². The third kappa shape index (κ3) is 3.46. The van der Waals surface area contributed by atoms with Crippen molar-refractivity contribution < 1.29 is 23.8 Å². The average molecular weight is 293 g/mol. The number of carboxylic acid groups (broad SMARTS) is 1. The van der Waals surface area contributed by atoms with Crippen molar-refractivity contribution in [1.82, 2.24) is 5.32 Å². The quantitative estimate of drug-likeness (QED) is 0.767. The molecule has 2 atom stereocenters. The minimum Gasteiger partial charge on any atom is -0.481 e. The molecule has 1 fully saturated rings. The summed E-state index contributed by atoms with van der Waals surface area (Å²) in [4.78, 5) is 22.8. The molecule has 1 saturated heterocycles. The Morgan fingerprint density at radius 1 is 1.43 bits per heavy atom. The summed E-state index contributed by atoms with van der Waals surface area (Å²) < 4.78 is 18.0. The first-order valence-corrected chi connectivity index (χ1v) is 6.09. The van der Waals surface area contributed by atoms with Crippen molar-refractivity contribution >= 4 is 17.7 Å². The molecule has 1 aromatic carbocycles. The van der Waals surface area contributed by atoms with Crippen LogP contribution in [0.5, 0.6) is 0 Å². The molecule has 110 valence electrons. The van der Waals surface area contributed by atoms with Gasteiger partial charge in [-0.2, -0.15) is 5.26 Å². The number of aliphatic carboxylic acids is 1. The lowest BCUT2D eigenvalue weighted by atomic mass is 10.0. The van der Waals surface area contributed by atoms with Crippen molar-refractivity contribution in [1.29, 1.82) is 5.26 Å². The molecular weight excluding hydrogens is 281 g/mol. The number of hydrogen-bond donors (Lipinski definition) is 3. The van der Waals surface area contributed by atoms with Crippen LogP contribution in [0.3, 0.4) is 0 Å². The van der Waals surface area contributed by atoms with E-state index >= 15 is 0 Å². The second kappa shape index (κ2) is 6.19. The number of ether oxygens (including phenoxy) is 1. The third-order valence-electron chi connectivity index (χ3n) is 3.06. The number of nitriles is 1. The molecule has 0 bridgehead atoms. The molecule has 0 aliphatic carbocycles. The van der Waals surface area contributed by atoms with Crippen molar-refractivity contribution in [2.45, 2.75) is 6.04 Å². The Morgan fingerprint density at radius 3 is 2.86 bits per heavy atom. The van der Waals surface area contributed by atoms with E-state index in [0.717, 1.165) is 12.1 Å². The van der Waals surface area contributed by atoms with Crippen LogP contribution in [0, 0.1) is 23.1 Å². The lowest BCUT2D eigenvalue weighted by Crippen LogP contribution is -2.44. The standard InChI is InChI=1S/C13H12FN3O4/c14-8-1-2-10(7(3-8)4-15)16-13(20)17-11-6-21-5-9(11)12(18)19/h1-3,9,11H,5-6H2,(H,18,19)(H2,16,17,20). The fourth-order valence-electron chi connectivity index (χ4n) is 1.98. The summed E-state index contributed by atoms with van der Waals surface area (Å²) in [6, 6.07) is 3.78. The number of anilines is 1. The van der Waals surface area contributed by atoms with Gasteiger partial charge in [0.2, 0.25) is 0 Å². The summed E-state index contributed by atoms with van der Waals surface area (Å²) in [5.41, 5.74) is 0.116. The number of nitrogens with one attached hydrogen (secondary N) is 2. The van der Waals surface area contributed by atoms with Gasteiger partial charge in [0.1, 0.15) is 17.8 Å². The molecule has 21 heavy (non-hydrogen) atoms. The zero-order chi connectivity index (χ0) is 15.4. The smallest absolute Gasteiger partial charge is 0.319 e. The van der Waals surface area contributed by atoms with Gasteiger partial charge in [-0.05, 0) is 18.2 Å². The molecule has 2 rings (SSSR count). The molecule has 3 N–H and O–H groups in total. The Bertz CT molecular complexity index is 614. The second-order valence-corrected chi connectivity index (χ2v) is 4.49. The van der Waals surface area contributed by atoms with Gasteiger partial charge < -0.3 is 20.5 Å². The molecule has 0 saturated carbocycles. The number of carbonyl (C=O) groups excluding carboxylic acids is 1. The van der Waals surface area contributed by atoms with Gasteiger partial charge in [-0.15, -0.1) is 0 Å². The number of halogens is 1. The van der Waals surface area contributed by atoms with Crippen molar-refractivity contribution in [2.75, 3.05) is 18.5 Å². The molecule has 8 heteroatoms. The van der Waals surface area contributed by atoms with E-state index in [1.165, 1.54) is 6.07 Å².